The minimum atomic E-state index is -0.155. The van der Waals surface area contributed by atoms with Crippen LogP contribution in [0, 0.1) is 0 Å². The third kappa shape index (κ3) is 1.59. The second kappa shape index (κ2) is 4.22. The van der Waals surface area contributed by atoms with Crippen LogP contribution in [0.5, 0.6) is 0 Å². The van der Waals surface area contributed by atoms with Crippen molar-refractivity contribution in [3.63, 3.8) is 0 Å². The molecule has 0 bridgehead atoms. The second-order valence-electron chi connectivity index (χ2n) is 3.75. The molecular formula is C12H14N2OS. The number of carbonyl (C=O) groups is 1. The number of thiocarbonyl (C=S) groups is 1. The van der Waals surface area contributed by atoms with E-state index in [9.17, 15) is 4.79 Å². The maximum atomic E-state index is 12.1. The highest BCUT2D eigenvalue weighted by atomic mass is 32.1. The number of benzene rings is 1. The number of amides is 1. The van der Waals surface area contributed by atoms with E-state index in [1.165, 1.54) is 0 Å². The Kier molecular flexibility index (Phi) is 2.92. The molecule has 1 aromatic carbocycles. The van der Waals surface area contributed by atoms with E-state index in [1.807, 2.05) is 49.1 Å². The van der Waals surface area contributed by atoms with Gasteiger partial charge in [-0.15, -0.1) is 0 Å². The van der Waals surface area contributed by atoms with Gasteiger partial charge in [0.25, 0.3) is 5.91 Å². The van der Waals surface area contributed by atoms with Gasteiger partial charge in [0.1, 0.15) is 6.04 Å². The first kappa shape index (κ1) is 11.1. The van der Waals surface area contributed by atoms with Crippen molar-refractivity contribution < 1.29 is 4.79 Å². The van der Waals surface area contributed by atoms with Crippen LogP contribution in [-0.2, 0) is 4.79 Å². The van der Waals surface area contributed by atoms with Gasteiger partial charge in [0, 0.05) is 6.54 Å². The summed E-state index contributed by atoms with van der Waals surface area (Å²) in [5, 5.41) is 0.603. The van der Waals surface area contributed by atoms with Crippen molar-refractivity contribution in [2.24, 2.45) is 0 Å². The number of anilines is 1. The Morgan fingerprint density at radius 2 is 1.94 bits per heavy atom. The monoisotopic (exact) mass is 234 g/mol. The molecule has 1 aliphatic rings. The van der Waals surface area contributed by atoms with E-state index in [2.05, 4.69) is 0 Å². The van der Waals surface area contributed by atoms with Crippen molar-refractivity contribution in [3.05, 3.63) is 30.3 Å². The van der Waals surface area contributed by atoms with Crippen LogP contribution < -0.4 is 4.90 Å². The Balaban J connectivity index is 2.37. The minimum absolute atomic E-state index is 0.0538. The van der Waals surface area contributed by atoms with Gasteiger partial charge in [0.05, 0.1) is 5.69 Å². The highest BCUT2D eigenvalue weighted by molar-refractivity contribution is 7.80. The smallest absolute Gasteiger partial charge is 0.255 e. The molecule has 0 unspecified atom stereocenters. The minimum Gasteiger partial charge on any atom is -0.337 e. The number of carbonyl (C=O) groups excluding carboxylic acids is 1. The molecule has 2 rings (SSSR count). The number of nitrogens with zero attached hydrogens (tertiary/aromatic N) is 2. The number of likely N-dealkylation sites (N-methyl/N-ethyl adjacent to an activating group) is 1. The zero-order chi connectivity index (χ0) is 11.7. The van der Waals surface area contributed by atoms with Crippen molar-refractivity contribution in [1.82, 2.24) is 4.90 Å². The van der Waals surface area contributed by atoms with E-state index in [-0.39, 0.29) is 11.9 Å². The zero-order valence-corrected chi connectivity index (χ0v) is 10.2. The molecule has 84 valence electrons. The van der Waals surface area contributed by atoms with E-state index >= 15 is 0 Å². The van der Waals surface area contributed by atoms with Crippen LogP contribution in [0.25, 0.3) is 0 Å². The molecule has 0 aliphatic carbocycles. The van der Waals surface area contributed by atoms with E-state index in [1.54, 1.807) is 4.90 Å². The molecule has 1 fully saturated rings. The van der Waals surface area contributed by atoms with Gasteiger partial charge < -0.3 is 4.90 Å². The summed E-state index contributed by atoms with van der Waals surface area (Å²) in [5.74, 6) is 0.0538. The van der Waals surface area contributed by atoms with Crippen molar-refractivity contribution in [1.29, 1.82) is 0 Å². The average molecular weight is 234 g/mol. The highest BCUT2D eigenvalue weighted by Gasteiger charge is 2.39. The molecule has 16 heavy (non-hydrogen) atoms. The van der Waals surface area contributed by atoms with E-state index in [0.29, 0.717) is 5.11 Å². The van der Waals surface area contributed by atoms with E-state index in [0.717, 1.165) is 12.2 Å². The third-order valence-electron chi connectivity index (χ3n) is 2.84. The van der Waals surface area contributed by atoms with Crippen LogP contribution >= 0.6 is 12.2 Å². The molecule has 1 heterocycles. The topological polar surface area (TPSA) is 23.6 Å². The van der Waals surface area contributed by atoms with Gasteiger partial charge >= 0.3 is 0 Å². The number of hydrogen-bond donors (Lipinski definition) is 0. The molecule has 0 N–H and O–H groups in total. The lowest BCUT2D eigenvalue weighted by Crippen LogP contribution is -2.33. The summed E-state index contributed by atoms with van der Waals surface area (Å²) in [6, 6.07) is 9.38. The zero-order valence-electron chi connectivity index (χ0n) is 9.38. The first-order chi connectivity index (χ1) is 7.66. The third-order valence-corrected chi connectivity index (χ3v) is 3.25. The van der Waals surface area contributed by atoms with Crippen LogP contribution in [0.15, 0.2) is 30.3 Å². The molecule has 3 nitrogen and oxygen atoms in total. The van der Waals surface area contributed by atoms with Gasteiger partial charge in [-0.3, -0.25) is 9.69 Å². The summed E-state index contributed by atoms with van der Waals surface area (Å²) in [7, 11) is 0. The molecule has 0 spiro atoms. The van der Waals surface area contributed by atoms with Crippen LogP contribution in [0.2, 0.25) is 0 Å². The molecule has 1 amide bonds. The van der Waals surface area contributed by atoms with Crippen LogP contribution in [-0.4, -0.2) is 28.5 Å². The summed E-state index contributed by atoms with van der Waals surface area (Å²) in [6.45, 7) is 4.65. The SMILES string of the molecule is CCN1C(=S)N(c2ccccc2)C(=O)[C@@H]1C. The lowest BCUT2D eigenvalue weighted by molar-refractivity contribution is -0.119. The maximum absolute atomic E-state index is 12.1. The molecule has 4 heteroatoms. The largest absolute Gasteiger partial charge is 0.337 e. The van der Waals surface area contributed by atoms with Crippen LogP contribution in [0.3, 0.4) is 0 Å². The summed E-state index contributed by atoms with van der Waals surface area (Å²) in [5.41, 5.74) is 0.848. The van der Waals surface area contributed by atoms with E-state index < -0.39 is 0 Å². The Bertz CT molecular complexity index is 418. The predicted octanol–water partition coefficient (Wildman–Crippen LogP) is 2.03. The molecule has 0 aromatic heterocycles. The summed E-state index contributed by atoms with van der Waals surface area (Å²) in [6.07, 6.45) is 0. The fourth-order valence-corrected chi connectivity index (χ4v) is 2.41. The number of hydrogen-bond acceptors (Lipinski definition) is 2. The molecule has 1 aliphatic heterocycles. The van der Waals surface area contributed by atoms with Crippen LogP contribution in [0.4, 0.5) is 5.69 Å². The predicted molar refractivity (Wildman–Crippen MR) is 68.4 cm³/mol. The fourth-order valence-electron chi connectivity index (χ4n) is 1.93. The van der Waals surface area contributed by atoms with Gasteiger partial charge in [-0.1, -0.05) is 18.2 Å². The molecule has 1 atom stereocenters. The lowest BCUT2D eigenvalue weighted by Gasteiger charge is -2.19. The molecule has 1 aromatic rings. The van der Waals surface area contributed by atoms with Crippen LogP contribution in [0.1, 0.15) is 13.8 Å². The van der Waals surface area contributed by atoms with Crippen molar-refractivity contribution in [3.8, 4) is 0 Å². The fraction of sp³-hybridized carbons (Fsp3) is 0.333. The number of rotatable bonds is 2. The Morgan fingerprint density at radius 1 is 1.31 bits per heavy atom. The Hall–Kier alpha value is -1.42. The summed E-state index contributed by atoms with van der Waals surface area (Å²) < 4.78 is 0. The molecule has 0 saturated carbocycles. The van der Waals surface area contributed by atoms with Gasteiger partial charge in [0.15, 0.2) is 5.11 Å². The number of para-hydroxylation sites is 1. The normalized spacial score (nSPS) is 20.8. The summed E-state index contributed by atoms with van der Waals surface area (Å²) in [4.78, 5) is 15.6. The Labute approximate surface area is 101 Å². The molecule has 0 radical (unpaired) electrons. The van der Waals surface area contributed by atoms with Gasteiger partial charge in [-0.25, -0.2) is 0 Å². The van der Waals surface area contributed by atoms with Gasteiger partial charge in [-0.05, 0) is 38.2 Å². The second-order valence-corrected chi connectivity index (χ2v) is 4.12. The van der Waals surface area contributed by atoms with E-state index in [4.69, 9.17) is 12.2 Å². The highest BCUT2D eigenvalue weighted by Crippen LogP contribution is 2.24. The molecular weight excluding hydrogens is 220 g/mol. The first-order valence-electron chi connectivity index (χ1n) is 5.36. The van der Waals surface area contributed by atoms with Crippen molar-refractivity contribution in [2.45, 2.75) is 19.9 Å². The maximum Gasteiger partial charge on any atom is 0.255 e. The standard InChI is InChI=1S/C12H14N2OS/c1-3-13-9(2)11(15)14(12(13)16)10-7-5-4-6-8-10/h4-9H,3H2,1-2H3/t9-/m0/s1. The van der Waals surface area contributed by atoms with Gasteiger partial charge in [-0.2, -0.15) is 0 Å². The van der Waals surface area contributed by atoms with Crippen molar-refractivity contribution >= 4 is 28.9 Å². The Morgan fingerprint density at radius 3 is 2.44 bits per heavy atom. The lowest BCUT2D eigenvalue weighted by atomic mass is 10.2. The summed E-state index contributed by atoms with van der Waals surface area (Å²) >= 11 is 5.33. The average Bonchev–Trinajstić information content (AvgIpc) is 2.51. The first-order valence-corrected chi connectivity index (χ1v) is 5.77. The quantitative estimate of drug-likeness (QED) is 0.732. The van der Waals surface area contributed by atoms with Gasteiger partial charge in [0.2, 0.25) is 0 Å². The molecule has 1 saturated heterocycles. The van der Waals surface area contributed by atoms with Crippen molar-refractivity contribution in [2.75, 3.05) is 11.4 Å².